The molecule has 0 amide bonds. The van der Waals surface area contributed by atoms with Gasteiger partial charge in [-0.15, -0.1) is 0 Å². The van der Waals surface area contributed by atoms with Gasteiger partial charge in [0.2, 0.25) is 0 Å². The third kappa shape index (κ3) is 4.85. The van der Waals surface area contributed by atoms with Crippen molar-refractivity contribution in [3.05, 3.63) is 87.1 Å². The minimum absolute atomic E-state index is 0.281. The molecule has 0 aliphatic rings. The molecule has 0 N–H and O–H groups in total. The van der Waals surface area contributed by atoms with Crippen molar-refractivity contribution in [1.29, 1.82) is 0 Å². The molecular formula is C25H20BrN3O4. The first kappa shape index (κ1) is 22.4. The second-order valence-electron chi connectivity index (χ2n) is 7.04. The zero-order valence-electron chi connectivity index (χ0n) is 18.0. The highest BCUT2D eigenvalue weighted by Crippen LogP contribution is 2.36. The van der Waals surface area contributed by atoms with E-state index < -0.39 is 5.97 Å². The fourth-order valence-electron chi connectivity index (χ4n) is 3.30. The van der Waals surface area contributed by atoms with Crippen LogP contribution in [0.25, 0.3) is 22.3 Å². The van der Waals surface area contributed by atoms with Gasteiger partial charge in [0.15, 0.2) is 17.3 Å². The highest BCUT2D eigenvalue weighted by atomic mass is 79.9. The second-order valence-corrected chi connectivity index (χ2v) is 7.89. The van der Waals surface area contributed by atoms with Crippen LogP contribution in [0, 0.1) is 0 Å². The molecule has 1 aromatic heterocycles. The van der Waals surface area contributed by atoms with E-state index in [4.69, 9.17) is 9.47 Å². The van der Waals surface area contributed by atoms with Crippen molar-refractivity contribution in [3.63, 3.8) is 0 Å². The molecule has 0 aliphatic carbocycles. The molecule has 0 atom stereocenters. The van der Waals surface area contributed by atoms with Gasteiger partial charge >= 0.3 is 5.97 Å². The fourth-order valence-corrected chi connectivity index (χ4v) is 3.84. The summed E-state index contributed by atoms with van der Waals surface area (Å²) in [5.74, 6) is 0.641. The Kier molecular flexibility index (Phi) is 6.65. The van der Waals surface area contributed by atoms with Gasteiger partial charge in [0.05, 0.1) is 28.2 Å². The zero-order chi connectivity index (χ0) is 23.4. The number of para-hydroxylation sites is 1. The number of hydrogen-bond acceptors (Lipinski definition) is 6. The van der Waals surface area contributed by atoms with Crippen molar-refractivity contribution in [2.45, 2.75) is 13.8 Å². The van der Waals surface area contributed by atoms with Crippen LogP contribution in [0.4, 0.5) is 0 Å². The summed E-state index contributed by atoms with van der Waals surface area (Å²) in [6.45, 7) is 3.54. The Morgan fingerprint density at radius 2 is 1.85 bits per heavy atom. The summed E-state index contributed by atoms with van der Waals surface area (Å²) in [5.41, 5.74) is 1.72. The molecule has 0 unspecified atom stereocenters. The molecule has 33 heavy (non-hydrogen) atoms. The third-order valence-electron chi connectivity index (χ3n) is 4.69. The molecule has 0 radical (unpaired) electrons. The molecule has 0 bridgehead atoms. The molecule has 0 saturated heterocycles. The largest absolute Gasteiger partial charge is 0.490 e. The maximum atomic E-state index is 13.3. The number of ether oxygens (including phenoxy) is 2. The van der Waals surface area contributed by atoms with E-state index in [0.29, 0.717) is 39.1 Å². The van der Waals surface area contributed by atoms with Crippen LogP contribution in [-0.2, 0) is 4.79 Å². The Morgan fingerprint density at radius 1 is 1.12 bits per heavy atom. The topological polar surface area (TPSA) is 82.8 Å². The summed E-state index contributed by atoms with van der Waals surface area (Å²) in [6, 6.07) is 20.0. The van der Waals surface area contributed by atoms with E-state index in [1.807, 2.05) is 43.3 Å². The molecule has 0 fully saturated rings. The molecule has 4 rings (SSSR count). The average Bonchev–Trinajstić information content (AvgIpc) is 2.81. The first-order chi connectivity index (χ1) is 16.0. The maximum absolute atomic E-state index is 13.3. The number of fused-ring (bicyclic) bond motifs is 1. The third-order valence-corrected chi connectivity index (χ3v) is 5.27. The molecule has 1 heterocycles. The highest BCUT2D eigenvalue weighted by Gasteiger charge is 2.15. The van der Waals surface area contributed by atoms with Crippen LogP contribution in [0.2, 0.25) is 0 Å². The molecule has 3 aromatic carbocycles. The number of carbonyl (C=O) groups is 1. The standard InChI is InChI=1S/C25H20BrN3O4/c1-3-32-22-14-17(13-20(26)23(22)33-16(2)30)15-27-29-24(18-9-5-4-6-10-18)28-21-12-8-7-11-19(21)25(29)31/h4-15H,3H2,1-2H3. The van der Waals surface area contributed by atoms with Crippen LogP contribution in [0.3, 0.4) is 0 Å². The molecule has 0 aliphatic heterocycles. The predicted octanol–water partition coefficient (Wildman–Crippen LogP) is 5.03. The maximum Gasteiger partial charge on any atom is 0.308 e. The Balaban J connectivity index is 1.85. The Bertz CT molecular complexity index is 1410. The Labute approximate surface area is 198 Å². The lowest BCUT2D eigenvalue weighted by atomic mass is 10.2. The minimum Gasteiger partial charge on any atom is -0.490 e. The number of hydrogen-bond donors (Lipinski definition) is 0. The van der Waals surface area contributed by atoms with E-state index in [1.165, 1.54) is 17.8 Å². The second kappa shape index (κ2) is 9.79. The van der Waals surface area contributed by atoms with Gasteiger partial charge in [0, 0.05) is 12.5 Å². The summed E-state index contributed by atoms with van der Waals surface area (Å²) in [4.78, 5) is 29.4. The van der Waals surface area contributed by atoms with Gasteiger partial charge in [-0.2, -0.15) is 9.78 Å². The highest BCUT2D eigenvalue weighted by molar-refractivity contribution is 9.10. The SMILES string of the molecule is CCOc1cc(C=Nn2c(-c3ccccc3)nc3ccccc3c2=O)cc(Br)c1OC(C)=O. The van der Waals surface area contributed by atoms with Crippen molar-refractivity contribution < 1.29 is 14.3 Å². The van der Waals surface area contributed by atoms with E-state index >= 15 is 0 Å². The number of nitrogens with zero attached hydrogens (tertiary/aromatic N) is 3. The van der Waals surface area contributed by atoms with Crippen molar-refractivity contribution in [2.75, 3.05) is 6.61 Å². The molecule has 166 valence electrons. The Hall–Kier alpha value is -3.78. The number of rotatable bonds is 6. The van der Waals surface area contributed by atoms with E-state index in [1.54, 1.807) is 30.3 Å². The first-order valence-electron chi connectivity index (χ1n) is 10.2. The number of halogens is 1. The van der Waals surface area contributed by atoms with Crippen LogP contribution >= 0.6 is 15.9 Å². The van der Waals surface area contributed by atoms with Crippen LogP contribution < -0.4 is 15.0 Å². The van der Waals surface area contributed by atoms with Gasteiger partial charge in [-0.1, -0.05) is 42.5 Å². The lowest BCUT2D eigenvalue weighted by Crippen LogP contribution is -2.20. The van der Waals surface area contributed by atoms with Gasteiger partial charge in [-0.3, -0.25) is 9.59 Å². The normalized spacial score (nSPS) is 11.1. The van der Waals surface area contributed by atoms with Crippen molar-refractivity contribution in [3.8, 4) is 22.9 Å². The number of carbonyl (C=O) groups excluding carboxylic acids is 1. The zero-order valence-corrected chi connectivity index (χ0v) is 19.6. The quantitative estimate of drug-likeness (QED) is 0.208. The van der Waals surface area contributed by atoms with Gasteiger partial charge < -0.3 is 9.47 Å². The lowest BCUT2D eigenvalue weighted by molar-refractivity contribution is -0.132. The summed E-state index contributed by atoms with van der Waals surface area (Å²) in [7, 11) is 0. The van der Waals surface area contributed by atoms with Crippen LogP contribution in [0.5, 0.6) is 11.5 Å². The van der Waals surface area contributed by atoms with Crippen LogP contribution in [0.1, 0.15) is 19.4 Å². The molecule has 0 saturated carbocycles. The summed E-state index contributed by atoms with van der Waals surface area (Å²) in [6.07, 6.45) is 1.54. The molecule has 8 heteroatoms. The van der Waals surface area contributed by atoms with Crippen molar-refractivity contribution >= 4 is 39.0 Å². The summed E-state index contributed by atoms with van der Waals surface area (Å²) in [5, 5.41) is 4.94. The number of aromatic nitrogens is 2. The Morgan fingerprint density at radius 3 is 2.58 bits per heavy atom. The van der Waals surface area contributed by atoms with Crippen molar-refractivity contribution in [2.24, 2.45) is 5.10 Å². The summed E-state index contributed by atoms with van der Waals surface area (Å²) < 4.78 is 12.7. The van der Waals surface area contributed by atoms with Gasteiger partial charge in [0.1, 0.15) is 0 Å². The van der Waals surface area contributed by atoms with Crippen molar-refractivity contribution in [1.82, 2.24) is 9.66 Å². The van der Waals surface area contributed by atoms with E-state index in [9.17, 15) is 9.59 Å². The van der Waals surface area contributed by atoms with E-state index in [0.717, 1.165) is 5.56 Å². The van der Waals surface area contributed by atoms with Gasteiger partial charge in [-0.25, -0.2) is 4.98 Å². The predicted molar refractivity (Wildman–Crippen MR) is 131 cm³/mol. The number of benzene rings is 3. The van der Waals surface area contributed by atoms with Crippen LogP contribution in [0.15, 0.2) is 81.1 Å². The van der Waals surface area contributed by atoms with Gasteiger partial charge in [-0.05, 0) is 52.7 Å². The summed E-state index contributed by atoms with van der Waals surface area (Å²) >= 11 is 3.42. The monoisotopic (exact) mass is 505 g/mol. The molecule has 4 aromatic rings. The first-order valence-corrected chi connectivity index (χ1v) is 11.0. The van der Waals surface area contributed by atoms with E-state index in [2.05, 4.69) is 26.0 Å². The smallest absolute Gasteiger partial charge is 0.308 e. The van der Waals surface area contributed by atoms with Gasteiger partial charge in [0.25, 0.3) is 5.56 Å². The molecule has 0 spiro atoms. The number of esters is 1. The average molecular weight is 506 g/mol. The lowest BCUT2D eigenvalue weighted by Gasteiger charge is -2.13. The van der Waals surface area contributed by atoms with E-state index in [-0.39, 0.29) is 11.3 Å². The van der Waals surface area contributed by atoms with Crippen LogP contribution in [-0.4, -0.2) is 28.5 Å². The molecule has 7 nitrogen and oxygen atoms in total. The minimum atomic E-state index is -0.459. The fraction of sp³-hybridized carbons (Fsp3) is 0.120. The molecular weight excluding hydrogens is 486 g/mol.